The third kappa shape index (κ3) is 4.54. The fraction of sp³-hybridized carbons (Fsp3) is 0.208. The molecule has 0 aliphatic heterocycles. The highest BCUT2D eigenvalue weighted by molar-refractivity contribution is 7.92. The van der Waals surface area contributed by atoms with Crippen LogP contribution in [-0.2, 0) is 10.0 Å². The quantitative estimate of drug-likeness (QED) is 0.630. The number of aryl methyl sites for hydroxylation is 2. The van der Waals surface area contributed by atoms with Crippen molar-refractivity contribution in [2.24, 2.45) is 0 Å². The van der Waals surface area contributed by atoms with Gasteiger partial charge < -0.3 is 5.32 Å². The van der Waals surface area contributed by atoms with Crippen LogP contribution in [0, 0.1) is 13.8 Å². The van der Waals surface area contributed by atoms with Crippen LogP contribution < -0.4 is 9.62 Å². The molecule has 6 heteroatoms. The van der Waals surface area contributed by atoms with Crippen molar-refractivity contribution in [1.29, 1.82) is 0 Å². The molecule has 3 aromatic rings. The van der Waals surface area contributed by atoms with Gasteiger partial charge in [-0.1, -0.05) is 59.7 Å². The van der Waals surface area contributed by atoms with E-state index in [9.17, 15) is 13.2 Å². The molecule has 1 amide bonds. The molecule has 0 aliphatic carbocycles. The second-order valence-corrected chi connectivity index (χ2v) is 9.38. The highest BCUT2D eigenvalue weighted by atomic mass is 32.2. The van der Waals surface area contributed by atoms with Gasteiger partial charge in [-0.15, -0.1) is 0 Å². The summed E-state index contributed by atoms with van der Waals surface area (Å²) in [6.07, 6.45) is 0. The number of carbonyl (C=O) groups is 1. The predicted octanol–water partition coefficient (Wildman–Crippen LogP) is 4.62. The lowest BCUT2D eigenvalue weighted by molar-refractivity contribution is 0.0940. The minimum Gasteiger partial charge on any atom is -0.345 e. The van der Waals surface area contributed by atoms with Crippen molar-refractivity contribution < 1.29 is 13.2 Å². The highest BCUT2D eigenvalue weighted by Gasteiger charge is 2.25. The molecule has 0 saturated carbocycles. The largest absolute Gasteiger partial charge is 0.345 e. The smallest absolute Gasteiger partial charge is 0.264 e. The van der Waals surface area contributed by atoms with Crippen molar-refractivity contribution in [1.82, 2.24) is 5.32 Å². The number of nitrogens with zero attached hydrogens (tertiary/aromatic N) is 1. The Hall–Kier alpha value is -3.12. The number of benzene rings is 3. The molecule has 0 aromatic heterocycles. The van der Waals surface area contributed by atoms with E-state index in [4.69, 9.17) is 0 Å². The fourth-order valence-electron chi connectivity index (χ4n) is 3.15. The normalized spacial score (nSPS) is 12.3. The van der Waals surface area contributed by atoms with Crippen molar-refractivity contribution in [3.05, 3.63) is 95.1 Å². The lowest BCUT2D eigenvalue weighted by Gasteiger charge is -2.23. The average Bonchev–Trinajstić information content (AvgIpc) is 2.74. The molecule has 0 spiro atoms. The Morgan fingerprint density at radius 1 is 0.867 bits per heavy atom. The molecule has 0 saturated heterocycles. The molecular weight excluding hydrogens is 396 g/mol. The topological polar surface area (TPSA) is 66.5 Å². The van der Waals surface area contributed by atoms with E-state index in [0.717, 1.165) is 21.0 Å². The van der Waals surface area contributed by atoms with Gasteiger partial charge in [-0.05, 0) is 50.6 Å². The first-order valence-corrected chi connectivity index (χ1v) is 11.2. The van der Waals surface area contributed by atoms with Gasteiger partial charge in [-0.2, -0.15) is 0 Å². The molecule has 5 nitrogen and oxygen atoms in total. The summed E-state index contributed by atoms with van der Waals surface area (Å²) in [5.41, 5.74) is 3.72. The monoisotopic (exact) mass is 422 g/mol. The molecule has 0 unspecified atom stereocenters. The Balaban J connectivity index is 1.88. The first kappa shape index (κ1) is 21.6. The lowest BCUT2D eigenvalue weighted by Crippen LogP contribution is -2.31. The van der Waals surface area contributed by atoms with Crippen LogP contribution in [-0.4, -0.2) is 21.4 Å². The molecule has 3 aromatic carbocycles. The van der Waals surface area contributed by atoms with Crippen LogP contribution in [0.3, 0.4) is 0 Å². The summed E-state index contributed by atoms with van der Waals surface area (Å²) in [6, 6.07) is 21.1. The second-order valence-electron chi connectivity index (χ2n) is 7.41. The van der Waals surface area contributed by atoms with Crippen LogP contribution in [0.5, 0.6) is 0 Å². The summed E-state index contributed by atoms with van der Waals surface area (Å²) in [6.45, 7) is 5.81. The molecule has 1 atom stereocenters. The SMILES string of the molecule is Cc1ccc([C@H](C)NC(=O)c2ccccc2N(C)S(=O)(=O)c2ccc(C)cc2)cc1. The number of anilines is 1. The molecule has 156 valence electrons. The summed E-state index contributed by atoms with van der Waals surface area (Å²) in [7, 11) is -2.33. The molecule has 0 fully saturated rings. The number of rotatable bonds is 6. The standard InChI is InChI=1S/C24H26N2O3S/c1-17-9-13-20(14-10-17)19(3)25-24(27)22-7-5-6-8-23(22)26(4)30(28,29)21-15-11-18(2)12-16-21/h5-16,19H,1-4H3,(H,25,27)/t19-/m0/s1. The number of hydrogen-bond acceptors (Lipinski definition) is 3. The van der Waals surface area contributed by atoms with E-state index in [1.54, 1.807) is 48.5 Å². The summed E-state index contributed by atoms with van der Waals surface area (Å²) < 4.78 is 27.3. The predicted molar refractivity (Wildman–Crippen MR) is 120 cm³/mol. The average molecular weight is 423 g/mol. The number of hydrogen-bond donors (Lipinski definition) is 1. The van der Waals surface area contributed by atoms with Gasteiger partial charge in [0.25, 0.3) is 15.9 Å². The van der Waals surface area contributed by atoms with Gasteiger partial charge in [0.05, 0.1) is 22.2 Å². The van der Waals surface area contributed by atoms with Crippen molar-refractivity contribution in [3.8, 4) is 0 Å². The molecule has 30 heavy (non-hydrogen) atoms. The van der Waals surface area contributed by atoms with Crippen LogP contribution in [0.1, 0.15) is 40.0 Å². The zero-order chi connectivity index (χ0) is 21.9. The third-order valence-electron chi connectivity index (χ3n) is 5.09. The maximum absolute atomic E-state index is 13.1. The highest BCUT2D eigenvalue weighted by Crippen LogP contribution is 2.26. The Morgan fingerprint density at radius 2 is 1.40 bits per heavy atom. The number of carbonyl (C=O) groups excluding carboxylic acids is 1. The van der Waals surface area contributed by atoms with Crippen molar-refractivity contribution in [3.63, 3.8) is 0 Å². The van der Waals surface area contributed by atoms with Gasteiger partial charge in [-0.25, -0.2) is 8.42 Å². The zero-order valence-corrected chi connectivity index (χ0v) is 18.4. The van der Waals surface area contributed by atoms with Crippen LogP contribution in [0.25, 0.3) is 0 Å². The Morgan fingerprint density at radius 3 is 2.00 bits per heavy atom. The summed E-state index contributed by atoms with van der Waals surface area (Å²) in [5.74, 6) is -0.329. The minimum absolute atomic E-state index is 0.179. The first-order chi connectivity index (χ1) is 14.2. The molecule has 0 bridgehead atoms. The fourth-order valence-corrected chi connectivity index (χ4v) is 4.37. The van der Waals surface area contributed by atoms with Crippen LogP contribution in [0.15, 0.2) is 77.7 Å². The molecule has 0 heterocycles. The number of sulfonamides is 1. The molecule has 0 radical (unpaired) electrons. The molecule has 3 rings (SSSR count). The Kier molecular flexibility index (Phi) is 6.27. The minimum atomic E-state index is -3.80. The van der Waals surface area contributed by atoms with Crippen LogP contribution >= 0.6 is 0 Å². The van der Waals surface area contributed by atoms with E-state index in [2.05, 4.69) is 5.32 Å². The van der Waals surface area contributed by atoms with Gasteiger partial charge in [0.15, 0.2) is 0 Å². The van der Waals surface area contributed by atoms with Gasteiger partial charge in [0.1, 0.15) is 0 Å². The number of nitrogens with one attached hydrogen (secondary N) is 1. The van der Waals surface area contributed by atoms with Gasteiger partial charge >= 0.3 is 0 Å². The van der Waals surface area contributed by atoms with E-state index >= 15 is 0 Å². The number of amides is 1. The van der Waals surface area contributed by atoms with Crippen molar-refractivity contribution in [2.45, 2.75) is 31.7 Å². The van der Waals surface area contributed by atoms with Crippen molar-refractivity contribution >= 4 is 21.6 Å². The lowest BCUT2D eigenvalue weighted by atomic mass is 10.1. The van der Waals surface area contributed by atoms with Gasteiger partial charge in [-0.3, -0.25) is 9.10 Å². The van der Waals surface area contributed by atoms with Crippen molar-refractivity contribution in [2.75, 3.05) is 11.4 Å². The van der Waals surface area contributed by atoms with E-state index < -0.39 is 10.0 Å². The molecular formula is C24H26N2O3S. The summed E-state index contributed by atoms with van der Waals surface area (Å²) in [5, 5.41) is 2.97. The molecule has 1 N–H and O–H groups in total. The van der Waals surface area contributed by atoms with Crippen LogP contribution in [0.4, 0.5) is 5.69 Å². The maximum atomic E-state index is 13.1. The Bertz CT molecular complexity index is 1140. The summed E-state index contributed by atoms with van der Waals surface area (Å²) in [4.78, 5) is 13.2. The number of para-hydroxylation sites is 1. The zero-order valence-electron chi connectivity index (χ0n) is 17.6. The van der Waals surface area contributed by atoms with Crippen LogP contribution in [0.2, 0.25) is 0 Å². The van der Waals surface area contributed by atoms with E-state index in [0.29, 0.717) is 11.3 Å². The van der Waals surface area contributed by atoms with E-state index in [1.165, 1.54) is 7.05 Å². The van der Waals surface area contributed by atoms with E-state index in [1.807, 2.05) is 45.0 Å². The third-order valence-corrected chi connectivity index (χ3v) is 6.88. The second kappa shape index (κ2) is 8.71. The van der Waals surface area contributed by atoms with Gasteiger partial charge in [0.2, 0.25) is 0 Å². The van der Waals surface area contributed by atoms with Gasteiger partial charge in [0, 0.05) is 7.05 Å². The first-order valence-electron chi connectivity index (χ1n) is 9.72. The van der Waals surface area contributed by atoms with E-state index in [-0.39, 0.29) is 16.8 Å². The summed E-state index contributed by atoms with van der Waals surface area (Å²) >= 11 is 0. The molecule has 0 aliphatic rings. The Labute approximate surface area is 178 Å². The maximum Gasteiger partial charge on any atom is 0.264 e.